The molecule has 1 aromatic heterocycles. The zero-order valence-corrected chi connectivity index (χ0v) is 11.9. The van der Waals surface area contributed by atoms with Gasteiger partial charge in [0.1, 0.15) is 0 Å². The van der Waals surface area contributed by atoms with Gasteiger partial charge in [-0.1, -0.05) is 27.7 Å². The van der Waals surface area contributed by atoms with Crippen LogP contribution in [-0.4, -0.2) is 27.0 Å². The van der Waals surface area contributed by atoms with Crippen LogP contribution in [0.25, 0.3) is 0 Å². The lowest BCUT2D eigenvalue weighted by molar-refractivity contribution is 0.174. The largest absolute Gasteiger partial charge is 0.454 e. The molecule has 0 N–H and O–H groups in total. The van der Waals surface area contributed by atoms with Crippen molar-refractivity contribution in [2.45, 2.75) is 10.9 Å². The number of tetrazole rings is 1. The molecule has 18 heavy (non-hydrogen) atoms. The fourth-order valence-corrected chi connectivity index (χ4v) is 3.04. The standard InChI is InChI=1S/C10H9BrN4O2S/c1-15-10(12-13-14-15)18-4-6-2-8-9(3-7(6)11)17-5-16-8/h2-3H,4-5H2,1H3. The molecule has 1 aliphatic rings. The van der Waals surface area contributed by atoms with E-state index in [2.05, 4.69) is 31.5 Å². The average Bonchev–Trinajstić information content (AvgIpc) is 2.95. The van der Waals surface area contributed by atoms with E-state index in [-0.39, 0.29) is 6.79 Å². The molecule has 0 aliphatic carbocycles. The van der Waals surface area contributed by atoms with Gasteiger partial charge in [0.05, 0.1) is 0 Å². The van der Waals surface area contributed by atoms with Crippen molar-refractivity contribution in [2.75, 3.05) is 6.79 Å². The van der Waals surface area contributed by atoms with Gasteiger partial charge in [-0.25, -0.2) is 4.68 Å². The Hall–Kier alpha value is -1.28. The second kappa shape index (κ2) is 4.77. The highest BCUT2D eigenvalue weighted by atomic mass is 79.9. The highest BCUT2D eigenvalue weighted by Crippen LogP contribution is 2.38. The minimum atomic E-state index is 0.283. The van der Waals surface area contributed by atoms with Crippen LogP contribution in [0.3, 0.4) is 0 Å². The highest BCUT2D eigenvalue weighted by Gasteiger charge is 2.16. The van der Waals surface area contributed by atoms with Crippen LogP contribution in [0.15, 0.2) is 21.8 Å². The van der Waals surface area contributed by atoms with Gasteiger partial charge in [-0.05, 0) is 28.1 Å². The van der Waals surface area contributed by atoms with Gasteiger partial charge in [-0.3, -0.25) is 0 Å². The van der Waals surface area contributed by atoms with E-state index in [4.69, 9.17) is 9.47 Å². The molecule has 2 heterocycles. The minimum Gasteiger partial charge on any atom is -0.454 e. The smallest absolute Gasteiger partial charge is 0.231 e. The fourth-order valence-electron chi connectivity index (χ4n) is 1.56. The molecule has 3 rings (SSSR count). The number of hydrogen-bond donors (Lipinski definition) is 0. The van der Waals surface area contributed by atoms with E-state index in [1.807, 2.05) is 19.2 Å². The molecule has 0 fully saturated rings. The summed E-state index contributed by atoms with van der Waals surface area (Å²) in [6.07, 6.45) is 0. The maximum atomic E-state index is 5.36. The Bertz CT molecular complexity index is 589. The maximum Gasteiger partial charge on any atom is 0.231 e. The van der Waals surface area contributed by atoms with Gasteiger partial charge in [-0.2, -0.15) is 0 Å². The topological polar surface area (TPSA) is 62.1 Å². The Morgan fingerprint density at radius 3 is 2.89 bits per heavy atom. The van der Waals surface area contributed by atoms with Gasteiger partial charge < -0.3 is 9.47 Å². The number of benzene rings is 1. The summed E-state index contributed by atoms with van der Waals surface area (Å²) in [4.78, 5) is 0. The number of aryl methyl sites for hydroxylation is 1. The fraction of sp³-hybridized carbons (Fsp3) is 0.300. The summed E-state index contributed by atoms with van der Waals surface area (Å²) in [5.74, 6) is 2.31. The van der Waals surface area contributed by atoms with Crippen molar-refractivity contribution in [1.29, 1.82) is 0 Å². The van der Waals surface area contributed by atoms with Crippen LogP contribution in [0.4, 0.5) is 0 Å². The third-order valence-electron chi connectivity index (χ3n) is 2.48. The maximum absolute atomic E-state index is 5.36. The number of halogens is 1. The molecule has 1 aliphatic heterocycles. The number of ether oxygens (including phenoxy) is 2. The van der Waals surface area contributed by atoms with Crippen LogP contribution in [-0.2, 0) is 12.8 Å². The summed E-state index contributed by atoms with van der Waals surface area (Å²) < 4.78 is 13.3. The second-order valence-electron chi connectivity index (χ2n) is 3.67. The lowest BCUT2D eigenvalue weighted by Crippen LogP contribution is -1.94. The number of fused-ring (bicyclic) bond motifs is 1. The quantitative estimate of drug-likeness (QED) is 0.803. The van der Waals surface area contributed by atoms with Crippen molar-refractivity contribution in [3.8, 4) is 11.5 Å². The Morgan fingerprint density at radius 2 is 2.17 bits per heavy atom. The van der Waals surface area contributed by atoms with Crippen LogP contribution in [0, 0.1) is 0 Å². The molecule has 0 saturated carbocycles. The first-order valence-corrected chi connectivity index (χ1v) is 6.95. The Morgan fingerprint density at radius 1 is 1.39 bits per heavy atom. The van der Waals surface area contributed by atoms with Crippen molar-refractivity contribution in [1.82, 2.24) is 20.2 Å². The molecule has 1 aromatic carbocycles. The van der Waals surface area contributed by atoms with Gasteiger partial charge in [0.25, 0.3) is 0 Å². The van der Waals surface area contributed by atoms with E-state index in [1.54, 1.807) is 16.4 Å². The predicted octanol–water partition coefficient (Wildman–Crippen LogP) is 1.99. The third-order valence-corrected chi connectivity index (χ3v) is 4.28. The van der Waals surface area contributed by atoms with Gasteiger partial charge in [0.2, 0.25) is 11.9 Å². The molecular formula is C10H9BrN4O2S. The molecule has 0 amide bonds. The van der Waals surface area contributed by atoms with E-state index in [1.165, 1.54) is 0 Å². The summed E-state index contributed by atoms with van der Waals surface area (Å²) in [6.45, 7) is 0.283. The van der Waals surface area contributed by atoms with Gasteiger partial charge in [0.15, 0.2) is 11.5 Å². The van der Waals surface area contributed by atoms with Gasteiger partial charge in [0, 0.05) is 17.3 Å². The normalized spacial score (nSPS) is 13.0. The number of thioether (sulfide) groups is 1. The Labute approximate surface area is 116 Å². The molecule has 8 heteroatoms. The van der Waals surface area contributed by atoms with E-state index in [9.17, 15) is 0 Å². The molecule has 94 valence electrons. The molecule has 2 aromatic rings. The molecule has 0 unspecified atom stereocenters. The summed E-state index contributed by atoms with van der Waals surface area (Å²) in [7, 11) is 1.82. The number of nitrogens with zero attached hydrogens (tertiary/aromatic N) is 4. The number of hydrogen-bond acceptors (Lipinski definition) is 6. The van der Waals surface area contributed by atoms with Crippen LogP contribution in [0.5, 0.6) is 11.5 Å². The van der Waals surface area contributed by atoms with Gasteiger partial charge >= 0.3 is 0 Å². The zero-order chi connectivity index (χ0) is 12.5. The first-order valence-electron chi connectivity index (χ1n) is 5.17. The molecule has 6 nitrogen and oxygen atoms in total. The zero-order valence-electron chi connectivity index (χ0n) is 9.46. The molecule has 0 radical (unpaired) electrons. The summed E-state index contributed by atoms with van der Waals surface area (Å²) in [6, 6.07) is 3.90. The van der Waals surface area contributed by atoms with Crippen LogP contribution >= 0.6 is 27.7 Å². The molecule has 0 bridgehead atoms. The number of rotatable bonds is 3. The van der Waals surface area contributed by atoms with Crippen molar-refractivity contribution < 1.29 is 9.47 Å². The average molecular weight is 329 g/mol. The van der Waals surface area contributed by atoms with Crippen molar-refractivity contribution in [3.63, 3.8) is 0 Å². The molecule has 0 spiro atoms. The predicted molar refractivity (Wildman–Crippen MR) is 68.6 cm³/mol. The first-order chi connectivity index (χ1) is 8.74. The highest BCUT2D eigenvalue weighted by molar-refractivity contribution is 9.10. The monoisotopic (exact) mass is 328 g/mol. The van der Waals surface area contributed by atoms with Crippen molar-refractivity contribution in [2.24, 2.45) is 7.05 Å². The third kappa shape index (κ3) is 2.17. The van der Waals surface area contributed by atoms with Crippen LogP contribution in [0.1, 0.15) is 5.56 Å². The summed E-state index contributed by atoms with van der Waals surface area (Å²) >= 11 is 5.09. The second-order valence-corrected chi connectivity index (χ2v) is 5.47. The van der Waals surface area contributed by atoms with Crippen LogP contribution < -0.4 is 9.47 Å². The minimum absolute atomic E-state index is 0.283. The van der Waals surface area contributed by atoms with Crippen LogP contribution in [0.2, 0.25) is 0 Å². The van der Waals surface area contributed by atoms with E-state index in [0.717, 1.165) is 32.4 Å². The molecular weight excluding hydrogens is 320 g/mol. The van der Waals surface area contributed by atoms with E-state index in [0.29, 0.717) is 0 Å². The lowest BCUT2D eigenvalue weighted by Gasteiger charge is -2.05. The summed E-state index contributed by atoms with van der Waals surface area (Å²) in [5, 5.41) is 12.1. The van der Waals surface area contributed by atoms with E-state index < -0.39 is 0 Å². The van der Waals surface area contributed by atoms with E-state index >= 15 is 0 Å². The van der Waals surface area contributed by atoms with Crippen molar-refractivity contribution >= 4 is 27.7 Å². The molecule has 0 saturated heterocycles. The summed E-state index contributed by atoms with van der Waals surface area (Å²) in [5.41, 5.74) is 1.12. The first kappa shape index (κ1) is 11.8. The SMILES string of the molecule is Cn1nnnc1SCc1cc2c(cc1Br)OCO2. The Balaban J connectivity index is 1.79. The Kier molecular flexibility index (Phi) is 3.13. The lowest BCUT2D eigenvalue weighted by atomic mass is 10.2. The molecule has 0 atom stereocenters. The van der Waals surface area contributed by atoms with Crippen molar-refractivity contribution in [3.05, 3.63) is 22.2 Å². The van der Waals surface area contributed by atoms with Gasteiger partial charge in [-0.15, -0.1) is 5.10 Å². The number of aromatic nitrogens is 4.